The number of hydrogen-bond acceptors (Lipinski definition) is 5. The fourth-order valence-corrected chi connectivity index (χ4v) is 2.60. The molecule has 1 N–H and O–H groups in total. The molecule has 0 saturated carbocycles. The minimum absolute atomic E-state index is 0.0286. The molecule has 3 rings (SSSR count). The molecule has 3 aromatic rings. The number of nitrogens with one attached hydrogen (secondary N) is 1. The Morgan fingerprint density at radius 3 is 2.69 bits per heavy atom. The van der Waals surface area contributed by atoms with Crippen molar-refractivity contribution >= 4 is 28.2 Å². The maximum atomic E-state index is 12.6. The minimum atomic E-state index is -0.471. The Hall–Kier alpha value is -3.61. The Morgan fingerprint density at radius 2 is 1.92 bits per heavy atom. The van der Waals surface area contributed by atoms with Gasteiger partial charge in [0.05, 0.1) is 21.7 Å². The predicted molar refractivity (Wildman–Crippen MR) is 99.3 cm³/mol. The van der Waals surface area contributed by atoms with Gasteiger partial charge in [-0.3, -0.25) is 19.9 Å². The highest BCUT2D eigenvalue weighted by Gasteiger charge is 2.12. The van der Waals surface area contributed by atoms with Crippen LogP contribution in [0.1, 0.15) is 28.5 Å². The maximum Gasteiger partial charge on any atom is 0.272 e. The fourth-order valence-electron chi connectivity index (χ4n) is 2.60. The van der Waals surface area contributed by atoms with Crippen molar-refractivity contribution in [2.45, 2.75) is 13.8 Å². The highest BCUT2D eigenvalue weighted by atomic mass is 16.6. The van der Waals surface area contributed by atoms with Crippen molar-refractivity contribution in [3.05, 3.63) is 81.5 Å². The Morgan fingerprint density at radius 1 is 1.15 bits per heavy atom. The van der Waals surface area contributed by atoms with E-state index in [0.29, 0.717) is 16.8 Å². The van der Waals surface area contributed by atoms with Crippen LogP contribution in [0, 0.1) is 17.0 Å². The number of aryl methyl sites for hydroxylation is 1. The number of nitro benzene ring substituents is 1. The maximum absolute atomic E-state index is 12.6. The summed E-state index contributed by atoms with van der Waals surface area (Å²) in [5.74, 6) is -0.364. The van der Waals surface area contributed by atoms with Crippen molar-refractivity contribution in [2.24, 2.45) is 5.10 Å². The molecule has 7 nitrogen and oxygen atoms in total. The van der Waals surface area contributed by atoms with Crippen molar-refractivity contribution < 1.29 is 9.72 Å². The van der Waals surface area contributed by atoms with Gasteiger partial charge < -0.3 is 0 Å². The Balaban J connectivity index is 1.88. The molecule has 0 bridgehead atoms. The van der Waals surface area contributed by atoms with Gasteiger partial charge in [-0.15, -0.1) is 0 Å². The van der Waals surface area contributed by atoms with Gasteiger partial charge in [0, 0.05) is 28.8 Å². The molecule has 0 atom stereocenters. The summed E-state index contributed by atoms with van der Waals surface area (Å²) in [7, 11) is 0. The van der Waals surface area contributed by atoms with Crippen LogP contribution in [0.15, 0.2) is 59.7 Å². The summed E-state index contributed by atoms with van der Waals surface area (Å²) in [5, 5.41) is 15.7. The van der Waals surface area contributed by atoms with Gasteiger partial charge in [0.15, 0.2) is 0 Å². The van der Waals surface area contributed by atoms with Crippen LogP contribution < -0.4 is 5.43 Å². The van der Waals surface area contributed by atoms with Gasteiger partial charge in [-0.25, -0.2) is 5.43 Å². The van der Waals surface area contributed by atoms with E-state index in [4.69, 9.17) is 0 Å². The van der Waals surface area contributed by atoms with E-state index in [9.17, 15) is 14.9 Å². The Labute approximate surface area is 149 Å². The molecule has 1 aromatic heterocycles. The zero-order chi connectivity index (χ0) is 18.7. The van der Waals surface area contributed by atoms with Crippen LogP contribution in [0.25, 0.3) is 10.9 Å². The first-order chi connectivity index (χ1) is 12.5. The van der Waals surface area contributed by atoms with Crippen LogP contribution in [-0.2, 0) is 0 Å². The molecule has 0 fully saturated rings. The number of amides is 1. The van der Waals surface area contributed by atoms with Crippen molar-refractivity contribution in [3.8, 4) is 0 Å². The van der Waals surface area contributed by atoms with Crippen LogP contribution in [0.4, 0.5) is 5.69 Å². The lowest BCUT2D eigenvalue weighted by atomic mass is 10.1. The normalized spacial score (nSPS) is 11.4. The molecular formula is C19H16N4O3. The molecule has 0 spiro atoms. The molecule has 7 heteroatoms. The second kappa shape index (κ2) is 7.10. The monoisotopic (exact) mass is 348 g/mol. The number of pyridine rings is 1. The molecule has 0 radical (unpaired) electrons. The summed E-state index contributed by atoms with van der Waals surface area (Å²) >= 11 is 0. The third-order valence-corrected chi connectivity index (χ3v) is 3.89. The quantitative estimate of drug-likeness (QED) is 0.442. The van der Waals surface area contributed by atoms with Crippen molar-refractivity contribution in [2.75, 3.05) is 0 Å². The van der Waals surface area contributed by atoms with E-state index in [2.05, 4.69) is 15.5 Å². The zero-order valence-corrected chi connectivity index (χ0v) is 14.3. The average Bonchev–Trinajstić information content (AvgIpc) is 2.65. The lowest BCUT2D eigenvalue weighted by Gasteiger charge is -2.07. The van der Waals surface area contributed by atoms with E-state index < -0.39 is 4.92 Å². The van der Waals surface area contributed by atoms with Gasteiger partial charge in [0.25, 0.3) is 11.6 Å². The van der Waals surface area contributed by atoms with Gasteiger partial charge in [0.2, 0.25) is 0 Å². The van der Waals surface area contributed by atoms with Crippen LogP contribution in [-0.4, -0.2) is 21.5 Å². The van der Waals surface area contributed by atoms with E-state index in [-0.39, 0.29) is 11.6 Å². The Bertz CT molecular complexity index is 1040. The number of hydrogen-bond donors (Lipinski definition) is 1. The summed E-state index contributed by atoms with van der Waals surface area (Å²) in [6, 6.07) is 15.2. The van der Waals surface area contributed by atoms with E-state index in [1.54, 1.807) is 25.1 Å². The van der Waals surface area contributed by atoms with E-state index >= 15 is 0 Å². The topological polar surface area (TPSA) is 97.5 Å². The molecule has 0 aliphatic rings. The molecule has 1 amide bonds. The number of carbonyl (C=O) groups excluding carboxylic acids is 1. The Kier molecular flexibility index (Phi) is 4.70. The largest absolute Gasteiger partial charge is 0.272 e. The molecule has 26 heavy (non-hydrogen) atoms. The fraction of sp³-hybridized carbons (Fsp3) is 0.105. The first kappa shape index (κ1) is 17.2. The molecular weight excluding hydrogens is 332 g/mol. The molecule has 0 aliphatic heterocycles. The lowest BCUT2D eigenvalue weighted by Crippen LogP contribution is -2.20. The second-order valence-electron chi connectivity index (χ2n) is 5.77. The number of carbonyl (C=O) groups is 1. The molecule has 0 saturated heterocycles. The van der Waals surface area contributed by atoms with Crippen molar-refractivity contribution in [1.82, 2.24) is 10.4 Å². The van der Waals surface area contributed by atoms with E-state index in [1.807, 2.05) is 31.2 Å². The van der Waals surface area contributed by atoms with Crippen LogP contribution >= 0.6 is 0 Å². The summed E-state index contributed by atoms with van der Waals surface area (Å²) < 4.78 is 0. The van der Waals surface area contributed by atoms with Gasteiger partial charge >= 0.3 is 0 Å². The van der Waals surface area contributed by atoms with Gasteiger partial charge in [-0.1, -0.05) is 30.3 Å². The van der Waals surface area contributed by atoms with E-state index in [1.165, 1.54) is 12.1 Å². The summed E-state index contributed by atoms with van der Waals surface area (Å²) in [6.45, 7) is 3.50. The number of benzene rings is 2. The first-order valence-corrected chi connectivity index (χ1v) is 7.91. The third kappa shape index (κ3) is 3.56. The van der Waals surface area contributed by atoms with Gasteiger partial charge in [0.1, 0.15) is 0 Å². The van der Waals surface area contributed by atoms with Crippen molar-refractivity contribution in [3.63, 3.8) is 0 Å². The standard InChI is InChI=1S/C19H16N4O3/c1-12-10-17(16-8-3-4-9-18(16)20-12)19(24)22-21-13(2)14-6-5-7-15(11-14)23(25)26/h3-11H,1-2H3,(H,22,24)/b21-13-. The molecule has 0 unspecified atom stereocenters. The molecule has 0 aliphatic carbocycles. The summed E-state index contributed by atoms with van der Waals surface area (Å²) in [6.07, 6.45) is 0. The number of fused-ring (bicyclic) bond motifs is 1. The number of non-ortho nitro benzene ring substituents is 1. The van der Waals surface area contributed by atoms with Gasteiger partial charge in [-0.2, -0.15) is 5.10 Å². The van der Waals surface area contributed by atoms with Crippen LogP contribution in [0.5, 0.6) is 0 Å². The average molecular weight is 348 g/mol. The zero-order valence-electron chi connectivity index (χ0n) is 14.3. The molecule has 2 aromatic carbocycles. The summed E-state index contributed by atoms with van der Waals surface area (Å²) in [4.78, 5) is 27.4. The lowest BCUT2D eigenvalue weighted by molar-refractivity contribution is -0.384. The van der Waals surface area contributed by atoms with Crippen molar-refractivity contribution in [1.29, 1.82) is 0 Å². The van der Waals surface area contributed by atoms with Crippen LogP contribution in [0.2, 0.25) is 0 Å². The number of para-hydroxylation sites is 1. The molecule has 130 valence electrons. The predicted octanol–water partition coefficient (Wildman–Crippen LogP) is 3.61. The SMILES string of the molecule is C/C(=N/NC(=O)c1cc(C)nc2ccccc12)c1cccc([N+](=O)[O-])c1. The number of rotatable bonds is 4. The highest BCUT2D eigenvalue weighted by molar-refractivity contribution is 6.07. The second-order valence-corrected chi connectivity index (χ2v) is 5.77. The number of hydrazone groups is 1. The first-order valence-electron chi connectivity index (χ1n) is 7.91. The highest BCUT2D eigenvalue weighted by Crippen LogP contribution is 2.18. The smallest absolute Gasteiger partial charge is 0.267 e. The third-order valence-electron chi connectivity index (χ3n) is 3.89. The summed E-state index contributed by atoms with van der Waals surface area (Å²) in [5.41, 5.74) is 5.46. The number of nitro groups is 1. The molecule has 1 heterocycles. The number of nitrogens with zero attached hydrogens (tertiary/aromatic N) is 3. The van der Waals surface area contributed by atoms with Gasteiger partial charge in [-0.05, 0) is 26.0 Å². The number of aromatic nitrogens is 1. The minimum Gasteiger partial charge on any atom is -0.267 e. The van der Waals surface area contributed by atoms with Crippen LogP contribution in [0.3, 0.4) is 0 Å². The van der Waals surface area contributed by atoms with E-state index in [0.717, 1.165) is 16.6 Å².